The molecular formula is C24H22N4O3S2. The normalized spacial score (nSPS) is 12.3. The van der Waals surface area contributed by atoms with Crippen molar-refractivity contribution in [2.24, 2.45) is 0 Å². The third kappa shape index (κ3) is 5.51. The summed E-state index contributed by atoms with van der Waals surface area (Å²) in [6, 6.07) is 23.4. The molecule has 0 radical (unpaired) electrons. The van der Waals surface area contributed by atoms with Crippen LogP contribution in [0.15, 0.2) is 83.2 Å². The Bertz CT molecular complexity index is 1370. The molecule has 0 saturated heterocycles. The zero-order valence-electron chi connectivity index (χ0n) is 18.0. The van der Waals surface area contributed by atoms with Crippen LogP contribution < -0.4 is 10.0 Å². The SMILES string of the molecule is Cc1ccc(C(=O)Nc2nnc(S(=O)(=O)N[C@H](c3ccccc3)c3cccc(C)c3)s2)cc1. The number of hydrogen-bond acceptors (Lipinski definition) is 6. The minimum atomic E-state index is -4.01. The molecule has 1 heterocycles. The smallest absolute Gasteiger partial charge is 0.270 e. The van der Waals surface area contributed by atoms with E-state index in [2.05, 4.69) is 20.2 Å². The highest BCUT2D eigenvalue weighted by Gasteiger charge is 2.27. The largest absolute Gasteiger partial charge is 0.296 e. The van der Waals surface area contributed by atoms with E-state index in [0.29, 0.717) is 5.56 Å². The van der Waals surface area contributed by atoms with Gasteiger partial charge in [0.25, 0.3) is 15.9 Å². The van der Waals surface area contributed by atoms with Crippen LogP contribution in [0.1, 0.15) is 38.7 Å². The average molecular weight is 479 g/mol. The van der Waals surface area contributed by atoms with Crippen LogP contribution >= 0.6 is 11.3 Å². The predicted octanol–water partition coefficient (Wildman–Crippen LogP) is 4.48. The van der Waals surface area contributed by atoms with Gasteiger partial charge in [-0.2, -0.15) is 4.72 Å². The molecule has 168 valence electrons. The van der Waals surface area contributed by atoms with Crippen LogP contribution in [0.2, 0.25) is 0 Å². The van der Waals surface area contributed by atoms with E-state index in [0.717, 1.165) is 33.6 Å². The lowest BCUT2D eigenvalue weighted by Gasteiger charge is -2.19. The minimum Gasteiger partial charge on any atom is -0.296 e. The number of carbonyl (C=O) groups excluding carboxylic acids is 1. The number of amides is 1. The highest BCUT2D eigenvalue weighted by molar-refractivity contribution is 7.91. The molecule has 1 amide bonds. The molecule has 7 nitrogen and oxygen atoms in total. The lowest BCUT2D eigenvalue weighted by atomic mass is 9.98. The maximum atomic E-state index is 13.2. The van der Waals surface area contributed by atoms with Gasteiger partial charge >= 0.3 is 0 Å². The average Bonchev–Trinajstić information content (AvgIpc) is 3.28. The third-order valence-corrected chi connectivity index (χ3v) is 7.58. The summed E-state index contributed by atoms with van der Waals surface area (Å²) >= 11 is 0.797. The molecule has 9 heteroatoms. The number of benzene rings is 3. The van der Waals surface area contributed by atoms with Crippen molar-refractivity contribution in [2.45, 2.75) is 24.2 Å². The molecular weight excluding hydrogens is 456 g/mol. The van der Waals surface area contributed by atoms with Crippen molar-refractivity contribution in [3.8, 4) is 0 Å². The fraction of sp³-hybridized carbons (Fsp3) is 0.125. The van der Waals surface area contributed by atoms with Gasteiger partial charge in [0, 0.05) is 5.56 Å². The van der Waals surface area contributed by atoms with Crippen LogP contribution in [-0.4, -0.2) is 24.5 Å². The Kier molecular flexibility index (Phi) is 6.64. The fourth-order valence-corrected chi connectivity index (χ4v) is 5.40. The first kappa shape index (κ1) is 22.8. The molecule has 1 atom stereocenters. The number of anilines is 1. The van der Waals surface area contributed by atoms with E-state index in [1.807, 2.05) is 80.6 Å². The number of carbonyl (C=O) groups is 1. The number of sulfonamides is 1. The van der Waals surface area contributed by atoms with Crippen molar-refractivity contribution in [1.82, 2.24) is 14.9 Å². The Labute approximate surface area is 196 Å². The molecule has 0 aliphatic heterocycles. The van der Waals surface area contributed by atoms with E-state index in [4.69, 9.17) is 0 Å². The van der Waals surface area contributed by atoms with Crippen molar-refractivity contribution in [2.75, 3.05) is 5.32 Å². The van der Waals surface area contributed by atoms with Crippen molar-refractivity contribution >= 4 is 32.4 Å². The van der Waals surface area contributed by atoms with Gasteiger partial charge in [-0.15, -0.1) is 10.2 Å². The number of nitrogens with one attached hydrogen (secondary N) is 2. The molecule has 4 aromatic rings. The highest BCUT2D eigenvalue weighted by atomic mass is 32.2. The van der Waals surface area contributed by atoms with Gasteiger partial charge in [0.2, 0.25) is 9.47 Å². The second-order valence-corrected chi connectivity index (χ2v) is 10.4. The number of nitrogens with zero attached hydrogens (tertiary/aromatic N) is 2. The van der Waals surface area contributed by atoms with Gasteiger partial charge in [-0.1, -0.05) is 89.2 Å². The van der Waals surface area contributed by atoms with Gasteiger partial charge in [0.1, 0.15) is 0 Å². The summed E-state index contributed by atoms with van der Waals surface area (Å²) in [5.41, 5.74) is 4.10. The van der Waals surface area contributed by atoms with Crippen LogP contribution in [0.5, 0.6) is 0 Å². The maximum absolute atomic E-state index is 13.2. The maximum Gasteiger partial charge on any atom is 0.270 e. The first-order valence-corrected chi connectivity index (χ1v) is 12.5. The molecule has 0 aliphatic rings. The van der Waals surface area contributed by atoms with Gasteiger partial charge in [0.15, 0.2) is 0 Å². The number of hydrogen-bond donors (Lipinski definition) is 2. The van der Waals surface area contributed by atoms with E-state index >= 15 is 0 Å². The van der Waals surface area contributed by atoms with Crippen molar-refractivity contribution < 1.29 is 13.2 Å². The Morgan fingerprint density at radius 1 is 0.848 bits per heavy atom. The van der Waals surface area contributed by atoms with Crippen molar-refractivity contribution in [3.63, 3.8) is 0 Å². The second kappa shape index (κ2) is 9.62. The highest BCUT2D eigenvalue weighted by Crippen LogP contribution is 2.27. The second-order valence-electron chi connectivity index (χ2n) is 7.57. The Morgan fingerprint density at radius 2 is 1.55 bits per heavy atom. The molecule has 0 fully saturated rings. The monoisotopic (exact) mass is 478 g/mol. The van der Waals surface area contributed by atoms with Crippen LogP contribution in [0.4, 0.5) is 5.13 Å². The number of aryl methyl sites for hydroxylation is 2. The molecule has 4 rings (SSSR count). The number of aromatic nitrogens is 2. The zero-order chi connectivity index (χ0) is 23.4. The van der Waals surface area contributed by atoms with Gasteiger partial charge < -0.3 is 0 Å². The zero-order valence-corrected chi connectivity index (χ0v) is 19.7. The van der Waals surface area contributed by atoms with Crippen LogP contribution in [0.3, 0.4) is 0 Å². The molecule has 3 aromatic carbocycles. The van der Waals surface area contributed by atoms with E-state index in [1.165, 1.54) is 0 Å². The molecule has 33 heavy (non-hydrogen) atoms. The first-order valence-electron chi connectivity index (χ1n) is 10.2. The molecule has 1 aromatic heterocycles. The number of rotatable bonds is 7. The topological polar surface area (TPSA) is 101 Å². The Hall–Kier alpha value is -3.40. The van der Waals surface area contributed by atoms with E-state index < -0.39 is 16.1 Å². The molecule has 0 unspecified atom stereocenters. The van der Waals surface area contributed by atoms with Gasteiger partial charge in [-0.3, -0.25) is 10.1 Å². The van der Waals surface area contributed by atoms with Crippen LogP contribution in [0.25, 0.3) is 0 Å². The third-order valence-electron chi connectivity index (χ3n) is 4.95. The summed E-state index contributed by atoms with van der Waals surface area (Å²) in [5.74, 6) is -0.384. The Morgan fingerprint density at radius 3 is 2.24 bits per heavy atom. The standard InChI is InChI=1S/C24H22N4O3S2/c1-16-11-13-19(14-12-16)22(29)25-23-26-27-24(32-23)33(30,31)28-21(18-8-4-3-5-9-18)20-10-6-7-17(2)15-20/h3-15,21,28H,1-2H3,(H,25,26,29)/t21-/m1/s1. The van der Waals surface area contributed by atoms with Crippen LogP contribution in [-0.2, 0) is 10.0 Å². The van der Waals surface area contributed by atoms with Crippen LogP contribution in [0, 0.1) is 13.8 Å². The molecule has 2 N–H and O–H groups in total. The summed E-state index contributed by atoms with van der Waals surface area (Å²) in [5, 5.41) is 10.4. The lowest BCUT2D eigenvalue weighted by molar-refractivity contribution is 0.102. The molecule has 0 bridgehead atoms. The van der Waals surface area contributed by atoms with Crippen molar-refractivity contribution in [3.05, 3.63) is 107 Å². The van der Waals surface area contributed by atoms with E-state index in [-0.39, 0.29) is 15.4 Å². The lowest BCUT2D eigenvalue weighted by Crippen LogP contribution is -2.29. The van der Waals surface area contributed by atoms with Gasteiger partial charge in [-0.25, -0.2) is 8.42 Å². The van der Waals surface area contributed by atoms with Gasteiger partial charge in [0.05, 0.1) is 6.04 Å². The molecule has 0 spiro atoms. The van der Waals surface area contributed by atoms with Gasteiger partial charge in [-0.05, 0) is 37.1 Å². The summed E-state index contributed by atoms with van der Waals surface area (Å²) in [7, 11) is -4.01. The fourth-order valence-electron chi connectivity index (χ4n) is 3.27. The predicted molar refractivity (Wildman–Crippen MR) is 129 cm³/mol. The van der Waals surface area contributed by atoms with Crippen molar-refractivity contribution in [1.29, 1.82) is 0 Å². The summed E-state index contributed by atoms with van der Waals surface area (Å²) in [6.07, 6.45) is 0. The minimum absolute atomic E-state index is 0.104. The summed E-state index contributed by atoms with van der Waals surface area (Å²) in [4.78, 5) is 12.4. The quantitative estimate of drug-likeness (QED) is 0.382. The molecule has 0 saturated carbocycles. The van der Waals surface area contributed by atoms with E-state index in [9.17, 15) is 13.2 Å². The first-order chi connectivity index (χ1) is 15.8. The van der Waals surface area contributed by atoms with E-state index in [1.54, 1.807) is 12.1 Å². The molecule has 0 aliphatic carbocycles. The Balaban J connectivity index is 1.57. The summed E-state index contributed by atoms with van der Waals surface area (Å²) in [6.45, 7) is 3.88. The summed E-state index contributed by atoms with van der Waals surface area (Å²) < 4.78 is 28.8.